The van der Waals surface area contributed by atoms with Gasteiger partial charge in [-0.15, -0.1) is 11.3 Å². The molecule has 2 rings (SSSR count). The second-order valence-electron chi connectivity index (χ2n) is 6.43. The molecule has 0 amide bonds. The van der Waals surface area contributed by atoms with Gasteiger partial charge in [0, 0.05) is 4.88 Å². The molecule has 5 heteroatoms. The van der Waals surface area contributed by atoms with Crippen LogP contribution in [0.4, 0.5) is 0 Å². The first-order valence-corrected chi connectivity index (χ1v) is 9.75. The Balaban J connectivity index is 2.32. The third-order valence-electron chi connectivity index (χ3n) is 3.61. The highest BCUT2D eigenvalue weighted by Gasteiger charge is 2.31. The fraction of sp³-hybridized carbons (Fsp3) is 0.412. The van der Waals surface area contributed by atoms with Crippen LogP contribution in [0.15, 0.2) is 46.7 Å². The van der Waals surface area contributed by atoms with Gasteiger partial charge in [-0.25, -0.2) is 13.1 Å². The van der Waals surface area contributed by atoms with Crippen molar-refractivity contribution in [1.29, 1.82) is 0 Å². The highest BCUT2D eigenvalue weighted by Crippen LogP contribution is 2.36. The van der Waals surface area contributed by atoms with Crippen LogP contribution in [0.5, 0.6) is 0 Å². The van der Waals surface area contributed by atoms with Gasteiger partial charge in [0.05, 0.1) is 10.9 Å². The molecular weight excluding hydrogens is 314 g/mol. The van der Waals surface area contributed by atoms with Crippen molar-refractivity contribution in [2.75, 3.05) is 0 Å². The van der Waals surface area contributed by atoms with Crippen LogP contribution in [-0.4, -0.2) is 8.42 Å². The second-order valence-corrected chi connectivity index (χ2v) is 9.13. The molecule has 0 saturated heterocycles. The Morgan fingerprint density at radius 1 is 1.14 bits per heavy atom. The van der Waals surface area contributed by atoms with Crippen LogP contribution in [0.25, 0.3) is 0 Å². The zero-order chi connectivity index (χ0) is 16.4. The molecule has 1 aromatic heterocycles. The molecule has 1 heterocycles. The minimum atomic E-state index is -3.54. The average Bonchev–Trinajstić information content (AvgIpc) is 2.97. The Hall–Kier alpha value is -1.17. The molecule has 1 N–H and O–H groups in total. The Bertz CT molecular complexity index is 696. The van der Waals surface area contributed by atoms with Gasteiger partial charge >= 0.3 is 0 Å². The molecule has 0 fully saturated rings. The van der Waals surface area contributed by atoms with E-state index in [2.05, 4.69) is 4.72 Å². The Labute approximate surface area is 137 Å². The summed E-state index contributed by atoms with van der Waals surface area (Å²) in [5.41, 5.74) is 0.922. The first-order valence-electron chi connectivity index (χ1n) is 7.38. The van der Waals surface area contributed by atoms with E-state index in [0.29, 0.717) is 4.90 Å². The number of aryl methyl sites for hydroxylation is 1. The summed E-state index contributed by atoms with van der Waals surface area (Å²) < 4.78 is 28.2. The van der Waals surface area contributed by atoms with E-state index in [1.807, 2.05) is 57.3 Å². The van der Waals surface area contributed by atoms with Crippen LogP contribution in [0.1, 0.15) is 44.2 Å². The highest BCUT2D eigenvalue weighted by molar-refractivity contribution is 7.89. The zero-order valence-corrected chi connectivity index (χ0v) is 15.1. The van der Waals surface area contributed by atoms with Crippen LogP contribution >= 0.6 is 11.3 Å². The van der Waals surface area contributed by atoms with E-state index in [4.69, 9.17) is 0 Å². The standard InChI is InChI=1S/C17H23NO2S2/c1-5-13-8-10-14(11-9-13)22(19,20)18-16(17(2,3)4)15-7-6-12-21-15/h6-12,16,18H,5H2,1-4H3. The molecule has 0 aliphatic rings. The average molecular weight is 338 g/mol. The van der Waals surface area contributed by atoms with Crippen molar-refractivity contribution in [3.8, 4) is 0 Å². The number of rotatable bonds is 5. The van der Waals surface area contributed by atoms with E-state index in [1.165, 1.54) is 0 Å². The third kappa shape index (κ3) is 3.97. The zero-order valence-electron chi connectivity index (χ0n) is 13.5. The molecule has 0 bridgehead atoms. The fourth-order valence-electron chi connectivity index (χ4n) is 2.24. The van der Waals surface area contributed by atoms with Gasteiger partial charge in [0.2, 0.25) is 10.0 Å². The summed E-state index contributed by atoms with van der Waals surface area (Å²) in [6, 6.07) is 10.8. The van der Waals surface area contributed by atoms with Crippen LogP contribution in [0.2, 0.25) is 0 Å². The van der Waals surface area contributed by atoms with Gasteiger partial charge in [-0.2, -0.15) is 0 Å². The highest BCUT2D eigenvalue weighted by atomic mass is 32.2. The summed E-state index contributed by atoms with van der Waals surface area (Å²) in [5, 5.41) is 1.97. The number of sulfonamides is 1. The Morgan fingerprint density at radius 3 is 2.23 bits per heavy atom. The quantitative estimate of drug-likeness (QED) is 0.880. The van der Waals surface area contributed by atoms with Crippen LogP contribution < -0.4 is 4.72 Å². The molecule has 1 atom stereocenters. The summed E-state index contributed by atoms with van der Waals surface area (Å²) in [7, 11) is -3.54. The lowest BCUT2D eigenvalue weighted by Gasteiger charge is -2.30. The SMILES string of the molecule is CCc1ccc(S(=O)(=O)NC(c2cccs2)C(C)(C)C)cc1. The van der Waals surface area contributed by atoms with Crippen molar-refractivity contribution in [2.24, 2.45) is 5.41 Å². The summed E-state index contributed by atoms with van der Waals surface area (Å²) in [4.78, 5) is 1.34. The lowest BCUT2D eigenvalue weighted by molar-refractivity contribution is 0.308. The van der Waals surface area contributed by atoms with Crippen molar-refractivity contribution in [1.82, 2.24) is 4.72 Å². The molecule has 0 radical (unpaired) electrons. The molecule has 22 heavy (non-hydrogen) atoms. The maximum atomic E-state index is 12.7. The molecule has 0 aliphatic heterocycles. The van der Waals surface area contributed by atoms with E-state index in [-0.39, 0.29) is 11.5 Å². The minimum absolute atomic E-state index is 0.207. The normalized spacial score (nSPS) is 14.0. The van der Waals surface area contributed by atoms with Crippen LogP contribution in [0.3, 0.4) is 0 Å². The number of hydrogen-bond acceptors (Lipinski definition) is 3. The van der Waals surface area contributed by atoms with E-state index in [9.17, 15) is 8.42 Å². The lowest BCUT2D eigenvalue weighted by Crippen LogP contribution is -2.36. The molecule has 3 nitrogen and oxygen atoms in total. The molecule has 0 saturated carbocycles. The number of benzene rings is 1. The van der Waals surface area contributed by atoms with E-state index < -0.39 is 10.0 Å². The fourth-order valence-corrected chi connectivity index (χ4v) is 4.76. The monoisotopic (exact) mass is 337 g/mol. The van der Waals surface area contributed by atoms with Gasteiger partial charge in [-0.3, -0.25) is 0 Å². The van der Waals surface area contributed by atoms with Gasteiger partial charge in [-0.05, 0) is 41.0 Å². The van der Waals surface area contributed by atoms with Crippen LogP contribution in [-0.2, 0) is 16.4 Å². The first-order chi connectivity index (χ1) is 10.2. The van der Waals surface area contributed by atoms with E-state index in [1.54, 1.807) is 23.5 Å². The Kier molecular flexibility index (Phi) is 5.10. The first kappa shape index (κ1) is 17.2. The number of thiophene rings is 1. The van der Waals surface area contributed by atoms with Crippen molar-refractivity contribution >= 4 is 21.4 Å². The van der Waals surface area contributed by atoms with Gasteiger partial charge in [0.1, 0.15) is 0 Å². The molecule has 1 unspecified atom stereocenters. The van der Waals surface area contributed by atoms with Gasteiger partial charge in [0.15, 0.2) is 0 Å². The van der Waals surface area contributed by atoms with E-state index in [0.717, 1.165) is 16.9 Å². The topological polar surface area (TPSA) is 46.2 Å². The summed E-state index contributed by atoms with van der Waals surface area (Å²) >= 11 is 1.57. The van der Waals surface area contributed by atoms with Gasteiger partial charge in [-0.1, -0.05) is 45.9 Å². The molecule has 2 aromatic rings. The molecular formula is C17H23NO2S2. The molecule has 0 aliphatic carbocycles. The summed E-state index contributed by atoms with van der Waals surface area (Å²) in [5.74, 6) is 0. The largest absolute Gasteiger partial charge is 0.241 e. The smallest absolute Gasteiger partial charge is 0.207 e. The van der Waals surface area contributed by atoms with Crippen molar-refractivity contribution < 1.29 is 8.42 Å². The lowest BCUT2D eigenvalue weighted by atomic mass is 9.86. The minimum Gasteiger partial charge on any atom is -0.207 e. The van der Waals surface area contributed by atoms with Crippen LogP contribution in [0, 0.1) is 5.41 Å². The predicted octanol–water partition coefficient (Wildman–Crippen LogP) is 4.38. The molecule has 1 aromatic carbocycles. The van der Waals surface area contributed by atoms with Gasteiger partial charge in [0.25, 0.3) is 0 Å². The molecule has 120 valence electrons. The van der Waals surface area contributed by atoms with E-state index >= 15 is 0 Å². The van der Waals surface area contributed by atoms with Gasteiger partial charge < -0.3 is 0 Å². The van der Waals surface area contributed by atoms with Crippen molar-refractivity contribution in [2.45, 2.75) is 45.1 Å². The van der Waals surface area contributed by atoms with Crippen molar-refractivity contribution in [3.05, 3.63) is 52.2 Å². The third-order valence-corrected chi connectivity index (χ3v) is 5.98. The Morgan fingerprint density at radius 2 is 1.77 bits per heavy atom. The maximum absolute atomic E-state index is 12.7. The predicted molar refractivity (Wildman–Crippen MR) is 92.7 cm³/mol. The van der Waals surface area contributed by atoms with Crippen molar-refractivity contribution in [3.63, 3.8) is 0 Å². The summed E-state index contributed by atoms with van der Waals surface area (Å²) in [6.07, 6.45) is 0.896. The summed E-state index contributed by atoms with van der Waals surface area (Å²) in [6.45, 7) is 8.18. The number of hydrogen-bond donors (Lipinski definition) is 1. The number of nitrogens with one attached hydrogen (secondary N) is 1. The molecule has 0 spiro atoms. The second kappa shape index (κ2) is 6.52. The maximum Gasteiger partial charge on any atom is 0.241 e.